The lowest BCUT2D eigenvalue weighted by Gasteiger charge is -2.24. The van der Waals surface area contributed by atoms with E-state index in [1.807, 2.05) is 60.7 Å². The average molecular weight is 631 g/mol. The number of benzene rings is 3. The number of hydrazone groups is 1. The number of aromatic nitrogens is 3. The number of rotatable bonds is 13. The number of methoxy groups -OCH3 is 3. The number of carbonyl (C=O) groups excluding carboxylic acids is 2. The van der Waals surface area contributed by atoms with Crippen LogP contribution in [0.5, 0.6) is 23.0 Å². The molecule has 0 bridgehead atoms. The van der Waals surface area contributed by atoms with E-state index < -0.39 is 6.04 Å². The Hall–Kier alpha value is -5.04. The van der Waals surface area contributed by atoms with Gasteiger partial charge in [0.05, 0.1) is 45.4 Å². The van der Waals surface area contributed by atoms with E-state index in [0.29, 0.717) is 34.7 Å². The average Bonchev–Trinajstić information content (AvgIpc) is 3.69. The van der Waals surface area contributed by atoms with Crippen molar-refractivity contribution in [3.8, 4) is 23.0 Å². The third-order valence-corrected chi connectivity index (χ3v) is 8.19. The van der Waals surface area contributed by atoms with Gasteiger partial charge >= 0.3 is 0 Å². The molecule has 0 unspecified atom stereocenters. The van der Waals surface area contributed by atoms with E-state index >= 15 is 0 Å². The number of hydrogen-bond donors (Lipinski definition) is 1. The van der Waals surface area contributed by atoms with Gasteiger partial charge in [-0.1, -0.05) is 42.1 Å². The first-order valence-corrected chi connectivity index (χ1v) is 15.1. The Labute approximate surface area is 265 Å². The molecule has 1 aliphatic rings. The number of nitrogens with one attached hydrogen (secondary N) is 1. The van der Waals surface area contributed by atoms with Gasteiger partial charge in [0.2, 0.25) is 0 Å². The Morgan fingerprint density at radius 1 is 0.911 bits per heavy atom. The second kappa shape index (κ2) is 14.6. The summed E-state index contributed by atoms with van der Waals surface area (Å²) in [7, 11) is 6.56. The molecule has 0 saturated heterocycles. The summed E-state index contributed by atoms with van der Waals surface area (Å²) in [6.07, 6.45) is 0.480. The maximum absolute atomic E-state index is 13.7. The highest BCUT2D eigenvalue weighted by atomic mass is 32.2. The third kappa shape index (κ3) is 7.37. The third-order valence-electron chi connectivity index (χ3n) is 7.19. The normalized spacial score (nSPS) is 14.1. The number of ether oxygens (including phenoxy) is 4. The van der Waals surface area contributed by atoms with Crippen LogP contribution in [0.1, 0.15) is 29.4 Å². The van der Waals surface area contributed by atoms with Gasteiger partial charge in [0.25, 0.3) is 11.8 Å². The summed E-state index contributed by atoms with van der Waals surface area (Å²) < 4.78 is 23.8. The molecule has 0 fully saturated rings. The summed E-state index contributed by atoms with van der Waals surface area (Å²) in [6, 6.07) is 21.9. The predicted octanol–water partition coefficient (Wildman–Crippen LogP) is 4.01. The van der Waals surface area contributed by atoms with Crippen molar-refractivity contribution in [2.24, 2.45) is 12.1 Å². The summed E-state index contributed by atoms with van der Waals surface area (Å²) in [5.74, 6) is 2.56. The minimum atomic E-state index is -0.413. The molecule has 4 aromatic rings. The molecule has 0 spiro atoms. The Morgan fingerprint density at radius 3 is 2.40 bits per heavy atom. The quantitative estimate of drug-likeness (QED) is 0.218. The molecule has 45 heavy (non-hydrogen) atoms. The molecule has 1 N–H and O–H groups in total. The minimum Gasteiger partial charge on any atom is -0.497 e. The Bertz CT molecular complexity index is 1660. The number of hydrogen-bond acceptors (Lipinski definition) is 10. The fourth-order valence-electron chi connectivity index (χ4n) is 4.83. The first-order valence-electron chi connectivity index (χ1n) is 14.1. The Balaban J connectivity index is 1.27. The van der Waals surface area contributed by atoms with E-state index in [2.05, 4.69) is 15.5 Å². The van der Waals surface area contributed by atoms with Gasteiger partial charge in [-0.25, -0.2) is 5.01 Å². The van der Waals surface area contributed by atoms with Crippen molar-refractivity contribution in [1.82, 2.24) is 25.1 Å². The number of nitrogens with zero attached hydrogens (tertiary/aromatic N) is 5. The van der Waals surface area contributed by atoms with Crippen LogP contribution in [0, 0.1) is 0 Å². The summed E-state index contributed by atoms with van der Waals surface area (Å²) in [6.45, 7) is 0.0421. The van der Waals surface area contributed by atoms with Crippen LogP contribution >= 0.6 is 11.8 Å². The van der Waals surface area contributed by atoms with Crippen LogP contribution in [-0.2, 0) is 23.2 Å². The molecule has 234 valence electrons. The summed E-state index contributed by atoms with van der Waals surface area (Å²) in [5.41, 5.74) is 2.44. The summed E-state index contributed by atoms with van der Waals surface area (Å²) in [5, 5.41) is 18.0. The summed E-state index contributed by atoms with van der Waals surface area (Å²) in [4.78, 5) is 26.0. The molecule has 1 atom stereocenters. The van der Waals surface area contributed by atoms with E-state index in [1.54, 1.807) is 45.1 Å². The smallest absolute Gasteiger partial charge is 0.258 e. The lowest BCUT2D eigenvalue weighted by atomic mass is 9.97. The van der Waals surface area contributed by atoms with Crippen LogP contribution in [0.3, 0.4) is 0 Å². The van der Waals surface area contributed by atoms with Gasteiger partial charge in [-0.05, 0) is 48.0 Å². The minimum absolute atomic E-state index is 0.0609. The van der Waals surface area contributed by atoms with Crippen molar-refractivity contribution in [3.05, 3.63) is 89.7 Å². The second-order valence-electron chi connectivity index (χ2n) is 9.94. The van der Waals surface area contributed by atoms with Gasteiger partial charge < -0.3 is 28.8 Å². The molecule has 0 saturated carbocycles. The molecule has 5 rings (SSSR count). The number of carbonyl (C=O) groups is 2. The predicted molar refractivity (Wildman–Crippen MR) is 169 cm³/mol. The molecular weight excluding hydrogens is 596 g/mol. The van der Waals surface area contributed by atoms with Crippen molar-refractivity contribution in [2.75, 3.05) is 33.7 Å². The van der Waals surface area contributed by atoms with Crippen LogP contribution in [0.15, 0.2) is 83.1 Å². The zero-order valence-corrected chi connectivity index (χ0v) is 26.2. The SMILES string of the molecule is COc1ccc(C2=NN(C(=O)CSc3nnc(CNC(=O)COc4ccccc4)n3C)[C@H](c3cccc(OC)c3OC)C2)cc1. The van der Waals surface area contributed by atoms with E-state index in [0.717, 1.165) is 22.6 Å². The van der Waals surface area contributed by atoms with Gasteiger partial charge in [0.1, 0.15) is 11.5 Å². The maximum Gasteiger partial charge on any atom is 0.258 e. The van der Waals surface area contributed by atoms with Crippen LogP contribution < -0.4 is 24.3 Å². The lowest BCUT2D eigenvalue weighted by molar-refractivity contribution is -0.130. The Kier molecular flexibility index (Phi) is 10.2. The van der Waals surface area contributed by atoms with E-state index in [9.17, 15) is 9.59 Å². The van der Waals surface area contributed by atoms with Crippen molar-refractivity contribution in [2.45, 2.75) is 24.2 Å². The molecule has 0 radical (unpaired) electrons. The van der Waals surface area contributed by atoms with Gasteiger partial charge in [-0.15, -0.1) is 10.2 Å². The number of amides is 2. The molecule has 0 aliphatic carbocycles. The monoisotopic (exact) mass is 630 g/mol. The first-order chi connectivity index (χ1) is 21.9. The molecular formula is C32H34N6O6S. The van der Waals surface area contributed by atoms with Gasteiger partial charge in [0.15, 0.2) is 29.1 Å². The van der Waals surface area contributed by atoms with Crippen LogP contribution in [0.25, 0.3) is 0 Å². The largest absolute Gasteiger partial charge is 0.497 e. The van der Waals surface area contributed by atoms with Gasteiger partial charge in [0, 0.05) is 19.0 Å². The van der Waals surface area contributed by atoms with Gasteiger partial charge in [-0.3, -0.25) is 9.59 Å². The highest BCUT2D eigenvalue weighted by Crippen LogP contribution is 2.42. The lowest BCUT2D eigenvalue weighted by Crippen LogP contribution is -2.29. The summed E-state index contributed by atoms with van der Waals surface area (Å²) >= 11 is 1.24. The molecule has 1 aromatic heterocycles. The van der Waals surface area contributed by atoms with Crippen molar-refractivity contribution in [3.63, 3.8) is 0 Å². The molecule has 3 aromatic carbocycles. The fourth-order valence-corrected chi connectivity index (χ4v) is 5.61. The maximum atomic E-state index is 13.7. The Morgan fingerprint density at radius 2 is 1.69 bits per heavy atom. The molecule has 12 nitrogen and oxygen atoms in total. The van der Waals surface area contributed by atoms with Gasteiger partial charge in [-0.2, -0.15) is 5.10 Å². The van der Waals surface area contributed by atoms with E-state index in [4.69, 9.17) is 24.0 Å². The second-order valence-corrected chi connectivity index (χ2v) is 10.9. The van der Waals surface area contributed by atoms with Crippen molar-refractivity contribution in [1.29, 1.82) is 0 Å². The highest BCUT2D eigenvalue weighted by molar-refractivity contribution is 7.99. The number of para-hydroxylation sites is 2. The molecule has 2 heterocycles. The highest BCUT2D eigenvalue weighted by Gasteiger charge is 2.35. The van der Waals surface area contributed by atoms with Crippen LogP contribution in [0.2, 0.25) is 0 Å². The zero-order valence-electron chi connectivity index (χ0n) is 25.4. The molecule has 1 aliphatic heterocycles. The van der Waals surface area contributed by atoms with Crippen molar-refractivity contribution < 1.29 is 28.5 Å². The topological polar surface area (TPSA) is 129 Å². The van der Waals surface area contributed by atoms with Crippen LogP contribution in [-0.4, -0.2) is 71.0 Å². The molecule has 2 amide bonds. The molecule has 13 heteroatoms. The first kappa shape index (κ1) is 31.4. The van der Waals surface area contributed by atoms with E-state index in [-0.39, 0.29) is 30.7 Å². The zero-order chi connectivity index (χ0) is 31.8. The standard InChI is InChI=1S/C32H34N6O6S/c1-37-28(18-33-29(39)19-44-23-9-6-5-7-10-23)34-35-32(37)45-20-30(40)38-26(24-11-8-12-27(42-3)31(24)43-4)17-25(36-38)21-13-15-22(41-2)16-14-21/h5-16,26H,17-20H2,1-4H3,(H,33,39)/t26-/m0/s1. The fraction of sp³-hybridized carbons (Fsp3) is 0.281. The van der Waals surface area contributed by atoms with Crippen molar-refractivity contribution >= 4 is 29.3 Å². The van der Waals surface area contributed by atoms with E-state index in [1.165, 1.54) is 16.8 Å². The van der Waals surface area contributed by atoms with Crippen LogP contribution in [0.4, 0.5) is 0 Å². The number of thioether (sulfide) groups is 1.